The van der Waals surface area contributed by atoms with Gasteiger partial charge in [0.1, 0.15) is 5.76 Å². The van der Waals surface area contributed by atoms with Crippen LogP contribution in [0.25, 0.3) is 0 Å². The van der Waals surface area contributed by atoms with Crippen LogP contribution in [-0.4, -0.2) is 26.0 Å². The van der Waals surface area contributed by atoms with Crippen molar-refractivity contribution in [1.29, 1.82) is 0 Å². The van der Waals surface area contributed by atoms with Crippen molar-refractivity contribution in [3.63, 3.8) is 0 Å². The molecule has 1 aromatic heterocycles. The van der Waals surface area contributed by atoms with Crippen molar-refractivity contribution >= 4 is 10.0 Å². The molecule has 0 spiro atoms. The van der Waals surface area contributed by atoms with Crippen molar-refractivity contribution in [3.8, 4) is 0 Å². The molecule has 0 aliphatic heterocycles. The molecule has 0 N–H and O–H groups in total. The summed E-state index contributed by atoms with van der Waals surface area (Å²) in [6, 6.07) is 1.77. The van der Waals surface area contributed by atoms with Crippen LogP contribution >= 0.6 is 0 Å². The van der Waals surface area contributed by atoms with Gasteiger partial charge in [-0.25, -0.2) is 12.7 Å². The van der Waals surface area contributed by atoms with Crippen LogP contribution in [0, 0.1) is 6.92 Å². The minimum Gasteiger partial charge on any atom is -0.469 e. The molecule has 0 amide bonds. The SMILES string of the molecule is Cc1occc1CN(C)S(C)(=O)=O. The van der Waals surface area contributed by atoms with Gasteiger partial charge in [-0.15, -0.1) is 0 Å². The molecule has 0 fully saturated rings. The van der Waals surface area contributed by atoms with Gasteiger partial charge in [-0.05, 0) is 13.0 Å². The Morgan fingerprint density at radius 3 is 2.54 bits per heavy atom. The second-order valence-corrected chi connectivity index (χ2v) is 5.11. The molecule has 1 heterocycles. The summed E-state index contributed by atoms with van der Waals surface area (Å²) >= 11 is 0. The minimum atomic E-state index is -3.10. The average Bonchev–Trinajstić information content (AvgIpc) is 2.34. The predicted molar refractivity (Wildman–Crippen MR) is 49.8 cm³/mol. The maximum atomic E-state index is 11.1. The average molecular weight is 203 g/mol. The van der Waals surface area contributed by atoms with Crippen LogP contribution in [0.3, 0.4) is 0 Å². The Hall–Kier alpha value is -0.810. The summed E-state index contributed by atoms with van der Waals surface area (Å²) < 4.78 is 28.5. The number of nitrogens with zero attached hydrogens (tertiary/aromatic N) is 1. The molecule has 74 valence electrons. The molecule has 0 atom stereocenters. The number of hydrogen-bond donors (Lipinski definition) is 0. The van der Waals surface area contributed by atoms with Gasteiger partial charge in [0.05, 0.1) is 12.5 Å². The lowest BCUT2D eigenvalue weighted by molar-refractivity contribution is 0.463. The summed E-state index contributed by atoms with van der Waals surface area (Å²) in [6.45, 7) is 2.17. The molecule has 0 radical (unpaired) electrons. The van der Waals surface area contributed by atoms with E-state index in [1.807, 2.05) is 6.92 Å². The first-order chi connectivity index (χ1) is 5.91. The van der Waals surface area contributed by atoms with Gasteiger partial charge in [0.2, 0.25) is 10.0 Å². The normalized spacial score (nSPS) is 12.3. The second kappa shape index (κ2) is 3.51. The summed E-state index contributed by atoms with van der Waals surface area (Å²) in [5, 5.41) is 0. The lowest BCUT2D eigenvalue weighted by atomic mass is 10.3. The number of hydrogen-bond acceptors (Lipinski definition) is 3. The van der Waals surface area contributed by atoms with E-state index < -0.39 is 10.0 Å². The molecule has 0 bridgehead atoms. The van der Waals surface area contributed by atoms with Crippen LogP contribution in [0.5, 0.6) is 0 Å². The molecule has 4 nitrogen and oxygen atoms in total. The smallest absolute Gasteiger partial charge is 0.211 e. The molecule has 0 unspecified atom stereocenters. The van der Waals surface area contributed by atoms with Crippen molar-refractivity contribution in [1.82, 2.24) is 4.31 Å². The van der Waals surface area contributed by atoms with Crippen molar-refractivity contribution in [3.05, 3.63) is 23.7 Å². The molecule has 0 aromatic carbocycles. The fraction of sp³-hybridized carbons (Fsp3) is 0.500. The van der Waals surface area contributed by atoms with Crippen LogP contribution in [0.4, 0.5) is 0 Å². The van der Waals surface area contributed by atoms with Gasteiger partial charge >= 0.3 is 0 Å². The zero-order chi connectivity index (χ0) is 10.1. The van der Waals surface area contributed by atoms with Crippen LogP contribution in [0.2, 0.25) is 0 Å². The predicted octanol–water partition coefficient (Wildman–Crippen LogP) is 0.979. The lowest BCUT2D eigenvalue weighted by Gasteiger charge is -2.12. The van der Waals surface area contributed by atoms with Crippen LogP contribution < -0.4 is 0 Å². The fourth-order valence-electron chi connectivity index (χ4n) is 0.932. The van der Waals surface area contributed by atoms with Crippen molar-refractivity contribution in [2.24, 2.45) is 0 Å². The van der Waals surface area contributed by atoms with E-state index in [9.17, 15) is 8.42 Å². The van der Waals surface area contributed by atoms with E-state index in [1.165, 1.54) is 10.6 Å². The Balaban J connectivity index is 2.77. The van der Waals surface area contributed by atoms with E-state index in [0.29, 0.717) is 6.54 Å². The Morgan fingerprint density at radius 1 is 1.54 bits per heavy atom. The van der Waals surface area contributed by atoms with E-state index in [-0.39, 0.29) is 0 Å². The van der Waals surface area contributed by atoms with Crippen molar-refractivity contribution in [2.45, 2.75) is 13.5 Å². The minimum absolute atomic E-state index is 0.362. The Kier molecular flexibility index (Phi) is 2.77. The molecular weight excluding hydrogens is 190 g/mol. The van der Waals surface area contributed by atoms with Gasteiger partial charge in [-0.1, -0.05) is 0 Å². The third-order valence-corrected chi connectivity index (χ3v) is 3.19. The van der Waals surface area contributed by atoms with Crippen molar-refractivity contribution in [2.75, 3.05) is 13.3 Å². The summed E-state index contributed by atoms with van der Waals surface area (Å²) in [6.07, 6.45) is 2.74. The van der Waals surface area contributed by atoms with Gasteiger partial charge in [-0.2, -0.15) is 0 Å². The monoisotopic (exact) mass is 203 g/mol. The van der Waals surface area contributed by atoms with Crippen LogP contribution in [-0.2, 0) is 16.6 Å². The molecule has 13 heavy (non-hydrogen) atoms. The molecule has 0 saturated carbocycles. The highest BCUT2D eigenvalue weighted by Crippen LogP contribution is 2.12. The standard InChI is InChI=1S/C8H13NO3S/c1-7-8(4-5-12-7)6-9(2)13(3,10)11/h4-5H,6H2,1-3H3. The Labute approximate surface area is 78.2 Å². The van der Waals surface area contributed by atoms with Gasteiger partial charge in [0.15, 0.2) is 0 Å². The van der Waals surface area contributed by atoms with E-state index in [2.05, 4.69) is 0 Å². The highest BCUT2D eigenvalue weighted by molar-refractivity contribution is 7.88. The topological polar surface area (TPSA) is 50.5 Å². The Bertz CT molecular complexity index is 380. The van der Waals surface area contributed by atoms with E-state index >= 15 is 0 Å². The Morgan fingerprint density at radius 2 is 2.15 bits per heavy atom. The molecule has 0 saturated heterocycles. The number of rotatable bonds is 3. The third-order valence-electron chi connectivity index (χ3n) is 1.93. The number of sulfonamides is 1. The summed E-state index contributed by atoms with van der Waals surface area (Å²) in [4.78, 5) is 0. The quantitative estimate of drug-likeness (QED) is 0.735. The second-order valence-electron chi connectivity index (χ2n) is 3.02. The maximum absolute atomic E-state index is 11.1. The molecule has 0 aliphatic rings. The van der Waals surface area contributed by atoms with Gasteiger partial charge in [-0.3, -0.25) is 0 Å². The molecule has 1 rings (SSSR count). The molecule has 1 aromatic rings. The summed E-state index contributed by atoms with van der Waals surface area (Å²) in [5.74, 6) is 0.760. The van der Waals surface area contributed by atoms with Crippen LogP contribution in [0.15, 0.2) is 16.7 Å². The fourth-order valence-corrected chi connectivity index (χ4v) is 1.31. The maximum Gasteiger partial charge on any atom is 0.211 e. The van der Waals surface area contributed by atoms with Gasteiger partial charge in [0, 0.05) is 19.2 Å². The number of aryl methyl sites for hydroxylation is 1. The van der Waals surface area contributed by atoms with Gasteiger partial charge in [0.25, 0.3) is 0 Å². The first-order valence-corrected chi connectivity index (χ1v) is 5.70. The first kappa shape index (κ1) is 10.3. The van der Waals surface area contributed by atoms with Crippen molar-refractivity contribution < 1.29 is 12.8 Å². The lowest BCUT2D eigenvalue weighted by Crippen LogP contribution is -2.24. The van der Waals surface area contributed by atoms with E-state index in [1.54, 1.807) is 19.4 Å². The molecular formula is C8H13NO3S. The summed E-state index contributed by atoms with van der Waals surface area (Å²) in [7, 11) is -1.56. The zero-order valence-corrected chi connectivity index (χ0v) is 8.76. The zero-order valence-electron chi connectivity index (χ0n) is 7.94. The molecule has 0 aliphatic carbocycles. The highest BCUT2D eigenvalue weighted by atomic mass is 32.2. The third kappa shape index (κ3) is 2.57. The first-order valence-electron chi connectivity index (χ1n) is 3.85. The largest absolute Gasteiger partial charge is 0.469 e. The van der Waals surface area contributed by atoms with E-state index in [4.69, 9.17) is 4.42 Å². The number of furan rings is 1. The van der Waals surface area contributed by atoms with Crippen LogP contribution in [0.1, 0.15) is 11.3 Å². The van der Waals surface area contributed by atoms with Gasteiger partial charge < -0.3 is 4.42 Å². The van der Waals surface area contributed by atoms with E-state index in [0.717, 1.165) is 11.3 Å². The highest BCUT2D eigenvalue weighted by Gasteiger charge is 2.13. The molecule has 5 heteroatoms. The summed E-state index contributed by atoms with van der Waals surface area (Å²) in [5.41, 5.74) is 0.896.